The van der Waals surface area contributed by atoms with Crippen molar-refractivity contribution in [2.24, 2.45) is 0 Å². The number of ether oxygens (including phenoxy) is 1. The average Bonchev–Trinajstić information content (AvgIpc) is 2.43. The summed E-state index contributed by atoms with van der Waals surface area (Å²) in [6.45, 7) is 8.71. The molecule has 0 amide bonds. The molecule has 2 N–H and O–H groups in total. The van der Waals surface area contributed by atoms with Gasteiger partial charge in [-0.3, -0.25) is 4.79 Å². The predicted molar refractivity (Wildman–Crippen MR) is 98.0 cm³/mol. The second kappa shape index (κ2) is 5.49. The van der Waals surface area contributed by atoms with Crippen LogP contribution in [0.15, 0.2) is 27.4 Å². The number of aryl methyl sites for hydroxylation is 1. The summed E-state index contributed by atoms with van der Waals surface area (Å²) >= 11 is 0. The zero-order chi connectivity index (χ0) is 18.6. The van der Waals surface area contributed by atoms with E-state index in [1.54, 1.807) is 32.9 Å². The van der Waals surface area contributed by atoms with Crippen LogP contribution < -0.4 is 10.2 Å². The maximum absolute atomic E-state index is 12.4. The molecule has 5 nitrogen and oxygen atoms in total. The van der Waals surface area contributed by atoms with Crippen LogP contribution in [-0.2, 0) is 0 Å². The van der Waals surface area contributed by atoms with Crippen molar-refractivity contribution in [3.8, 4) is 11.5 Å². The van der Waals surface area contributed by atoms with E-state index in [4.69, 9.17) is 9.15 Å². The van der Waals surface area contributed by atoms with Crippen LogP contribution in [0.25, 0.3) is 23.1 Å². The molecule has 0 radical (unpaired) electrons. The number of rotatable bonds is 2. The minimum absolute atomic E-state index is 0.104. The first-order chi connectivity index (χ1) is 11.5. The standard InChI is InChI=1S/C20H22O5/c1-11-10-14(21)15-16(22)12(6-8-19(2,3)23)17-13(18(15)24-11)7-9-20(4,5)25-17/h6-10,22-23H,1-5H3/b8-6+. The van der Waals surface area contributed by atoms with E-state index in [9.17, 15) is 15.0 Å². The second-order valence-corrected chi connectivity index (χ2v) is 7.46. The summed E-state index contributed by atoms with van der Waals surface area (Å²) in [5.41, 5.74) is -0.734. The van der Waals surface area contributed by atoms with Crippen molar-refractivity contribution in [1.29, 1.82) is 0 Å². The van der Waals surface area contributed by atoms with E-state index >= 15 is 0 Å². The molecule has 2 aromatic rings. The molecule has 0 fully saturated rings. The SMILES string of the molecule is Cc1cc(=O)c2c(O)c(/C=C/C(C)(C)O)c3c(c2o1)C=CC(C)(C)O3. The van der Waals surface area contributed by atoms with Gasteiger partial charge in [0.2, 0.25) is 0 Å². The van der Waals surface area contributed by atoms with Crippen molar-refractivity contribution in [1.82, 2.24) is 0 Å². The molecular weight excluding hydrogens is 320 g/mol. The summed E-state index contributed by atoms with van der Waals surface area (Å²) in [6, 6.07) is 1.34. The number of phenolic OH excluding ortho intramolecular Hbond substituents is 1. The summed E-state index contributed by atoms with van der Waals surface area (Å²) in [6.07, 6.45) is 6.82. The monoisotopic (exact) mass is 342 g/mol. The molecular formula is C20H22O5. The minimum Gasteiger partial charge on any atom is -0.506 e. The van der Waals surface area contributed by atoms with Crippen molar-refractivity contribution in [3.63, 3.8) is 0 Å². The Morgan fingerprint density at radius 2 is 1.96 bits per heavy atom. The largest absolute Gasteiger partial charge is 0.506 e. The number of fused-ring (bicyclic) bond motifs is 3. The molecule has 0 bridgehead atoms. The van der Waals surface area contributed by atoms with Gasteiger partial charge in [-0.2, -0.15) is 0 Å². The van der Waals surface area contributed by atoms with Gasteiger partial charge < -0.3 is 19.4 Å². The van der Waals surface area contributed by atoms with Crippen molar-refractivity contribution >= 4 is 23.1 Å². The first-order valence-corrected chi connectivity index (χ1v) is 8.12. The highest BCUT2D eigenvalue weighted by molar-refractivity contribution is 5.98. The molecule has 2 heterocycles. The molecule has 1 aromatic carbocycles. The molecule has 1 aromatic heterocycles. The summed E-state index contributed by atoms with van der Waals surface area (Å²) in [4.78, 5) is 12.4. The Hall–Kier alpha value is -2.53. The molecule has 3 rings (SSSR count). The molecule has 0 saturated heterocycles. The van der Waals surface area contributed by atoms with E-state index in [0.29, 0.717) is 28.2 Å². The summed E-state index contributed by atoms with van der Waals surface area (Å²) < 4.78 is 11.8. The van der Waals surface area contributed by atoms with Gasteiger partial charge >= 0.3 is 0 Å². The lowest BCUT2D eigenvalue weighted by atomic mass is 9.95. The van der Waals surface area contributed by atoms with Crippen LogP contribution >= 0.6 is 0 Å². The first-order valence-electron chi connectivity index (χ1n) is 8.12. The van der Waals surface area contributed by atoms with E-state index in [2.05, 4.69) is 0 Å². The highest BCUT2D eigenvalue weighted by Crippen LogP contribution is 2.44. The molecule has 0 atom stereocenters. The molecule has 0 unspecified atom stereocenters. The van der Waals surface area contributed by atoms with Crippen LogP contribution in [0.5, 0.6) is 11.5 Å². The third-order valence-electron chi connectivity index (χ3n) is 3.97. The Bertz CT molecular complexity index is 968. The van der Waals surface area contributed by atoms with E-state index in [1.807, 2.05) is 26.0 Å². The lowest BCUT2D eigenvalue weighted by Gasteiger charge is -2.30. The molecule has 1 aliphatic heterocycles. The minimum atomic E-state index is -1.08. The van der Waals surface area contributed by atoms with Crippen molar-refractivity contribution in [2.75, 3.05) is 0 Å². The van der Waals surface area contributed by atoms with Crippen LogP contribution in [-0.4, -0.2) is 21.4 Å². The van der Waals surface area contributed by atoms with Crippen molar-refractivity contribution in [3.05, 3.63) is 45.3 Å². The van der Waals surface area contributed by atoms with E-state index in [1.165, 1.54) is 6.07 Å². The van der Waals surface area contributed by atoms with Crippen LogP contribution in [0, 0.1) is 6.92 Å². The van der Waals surface area contributed by atoms with Crippen LogP contribution in [0.2, 0.25) is 0 Å². The van der Waals surface area contributed by atoms with Gasteiger partial charge in [-0.15, -0.1) is 0 Å². The summed E-state index contributed by atoms with van der Waals surface area (Å²) in [7, 11) is 0. The van der Waals surface area contributed by atoms with Crippen molar-refractivity contribution < 1.29 is 19.4 Å². The fourth-order valence-electron chi connectivity index (χ4n) is 2.80. The molecule has 25 heavy (non-hydrogen) atoms. The topological polar surface area (TPSA) is 79.9 Å². The molecule has 1 aliphatic rings. The molecule has 0 saturated carbocycles. The Balaban J connectivity index is 2.44. The lowest BCUT2D eigenvalue weighted by Crippen LogP contribution is -2.28. The fraction of sp³-hybridized carbons (Fsp3) is 0.350. The van der Waals surface area contributed by atoms with E-state index in [0.717, 1.165) is 0 Å². The molecule has 132 valence electrons. The zero-order valence-electron chi connectivity index (χ0n) is 15.0. The van der Waals surface area contributed by atoms with Gasteiger partial charge in [-0.25, -0.2) is 0 Å². The van der Waals surface area contributed by atoms with Crippen LogP contribution in [0.3, 0.4) is 0 Å². The predicted octanol–water partition coefficient (Wildman–Crippen LogP) is 3.78. The number of benzene rings is 1. The Labute approximate surface area is 145 Å². The van der Waals surface area contributed by atoms with Gasteiger partial charge in [0.15, 0.2) is 11.0 Å². The number of hydrogen-bond donors (Lipinski definition) is 2. The Morgan fingerprint density at radius 3 is 2.60 bits per heavy atom. The zero-order valence-corrected chi connectivity index (χ0v) is 15.0. The summed E-state index contributed by atoms with van der Waals surface area (Å²) in [5, 5.41) is 20.8. The highest BCUT2D eigenvalue weighted by atomic mass is 16.5. The second-order valence-electron chi connectivity index (χ2n) is 7.46. The smallest absolute Gasteiger partial charge is 0.196 e. The van der Waals surface area contributed by atoms with Gasteiger partial charge in [-0.1, -0.05) is 6.08 Å². The number of hydrogen-bond acceptors (Lipinski definition) is 5. The number of aliphatic hydroxyl groups is 1. The molecule has 0 aliphatic carbocycles. The Morgan fingerprint density at radius 1 is 1.28 bits per heavy atom. The van der Waals surface area contributed by atoms with Crippen LogP contribution in [0.1, 0.15) is 44.6 Å². The third-order valence-corrected chi connectivity index (χ3v) is 3.97. The molecule has 0 spiro atoms. The first kappa shape index (κ1) is 17.3. The lowest BCUT2D eigenvalue weighted by molar-refractivity contribution is 0.134. The van der Waals surface area contributed by atoms with Crippen LogP contribution in [0.4, 0.5) is 0 Å². The van der Waals surface area contributed by atoms with Crippen molar-refractivity contribution in [2.45, 2.75) is 45.8 Å². The maximum atomic E-state index is 12.4. The number of aromatic hydroxyl groups is 1. The fourth-order valence-corrected chi connectivity index (χ4v) is 2.80. The quantitative estimate of drug-likeness (QED) is 0.868. The maximum Gasteiger partial charge on any atom is 0.196 e. The van der Waals surface area contributed by atoms with E-state index in [-0.39, 0.29) is 16.6 Å². The highest BCUT2D eigenvalue weighted by Gasteiger charge is 2.29. The molecule has 5 heteroatoms. The third kappa shape index (κ3) is 3.20. The average molecular weight is 342 g/mol. The van der Waals surface area contributed by atoms with Gasteiger partial charge in [-0.05, 0) is 52.8 Å². The van der Waals surface area contributed by atoms with Gasteiger partial charge in [0, 0.05) is 6.07 Å². The van der Waals surface area contributed by atoms with E-state index < -0.39 is 11.2 Å². The normalized spacial score (nSPS) is 16.2. The van der Waals surface area contributed by atoms with Gasteiger partial charge in [0.1, 0.15) is 28.2 Å². The Kier molecular flexibility index (Phi) is 3.80. The number of phenols is 1. The summed E-state index contributed by atoms with van der Waals surface area (Å²) in [5.74, 6) is 0.665. The van der Waals surface area contributed by atoms with Gasteiger partial charge in [0.25, 0.3) is 0 Å². The van der Waals surface area contributed by atoms with Gasteiger partial charge in [0.05, 0.1) is 16.7 Å².